The van der Waals surface area contributed by atoms with Gasteiger partial charge in [-0.25, -0.2) is 4.79 Å². The lowest BCUT2D eigenvalue weighted by Crippen LogP contribution is -2.76. The van der Waals surface area contributed by atoms with Crippen LogP contribution in [0.1, 0.15) is 40.0 Å². The molecule has 1 aliphatic rings. The highest BCUT2D eigenvalue weighted by Crippen LogP contribution is 2.51. The summed E-state index contributed by atoms with van der Waals surface area (Å²) in [5.74, 6) is -0.513. The number of rotatable bonds is 9. The minimum Gasteiger partial charge on any atom is -0.493 e. The maximum Gasteiger partial charge on any atom is 0.330 e. The number of benzene rings is 2. The number of aliphatic carboxylic acids is 1. The summed E-state index contributed by atoms with van der Waals surface area (Å²) < 4.78 is 11.5. The van der Waals surface area contributed by atoms with Crippen LogP contribution >= 0.6 is 0 Å². The van der Waals surface area contributed by atoms with Crippen molar-refractivity contribution in [2.45, 2.75) is 51.7 Å². The van der Waals surface area contributed by atoms with Gasteiger partial charge in [-0.3, -0.25) is 4.79 Å². The van der Waals surface area contributed by atoms with Crippen molar-refractivity contribution < 1.29 is 24.2 Å². The van der Waals surface area contributed by atoms with E-state index in [1.54, 1.807) is 0 Å². The highest BCUT2D eigenvalue weighted by atomic mass is 16.5. The van der Waals surface area contributed by atoms with E-state index in [4.69, 9.17) is 9.47 Å². The zero-order valence-electron chi connectivity index (χ0n) is 17.2. The molecule has 0 bridgehead atoms. The van der Waals surface area contributed by atoms with Crippen molar-refractivity contribution in [3.05, 3.63) is 42.5 Å². The van der Waals surface area contributed by atoms with Crippen molar-refractivity contribution in [1.29, 1.82) is 0 Å². The molecule has 29 heavy (non-hydrogen) atoms. The summed E-state index contributed by atoms with van der Waals surface area (Å²) in [4.78, 5) is 24.4. The van der Waals surface area contributed by atoms with Crippen molar-refractivity contribution >= 4 is 22.6 Å². The molecule has 0 aliphatic heterocycles. The van der Waals surface area contributed by atoms with Gasteiger partial charge in [-0.1, -0.05) is 50.2 Å². The maximum atomic E-state index is 12.5. The Bertz CT molecular complexity index is 888. The van der Waals surface area contributed by atoms with Crippen LogP contribution in [0.3, 0.4) is 0 Å². The van der Waals surface area contributed by atoms with Gasteiger partial charge in [0.05, 0.1) is 12.7 Å². The number of carbonyl (C=O) groups excluding carboxylic acids is 1. The highest BCUT2D eigenvalue weighted by Gasteiger charge is 2.66. The summed E-state index contributed by atoms with van der Waals surface area (Å²) >= 11 is 0. The van der Waals surface area contributed by atoms with Gasteiger partial charge in [0.1, 0.15) is 11.3 Å². The summed E-state index contributed by atoms with van der Waals surface area (Å²) in [5.41, 5.74) is -1.97. The Balaban J connectivity index is 1.53. The fraction of sp³-hybridized carbons (Fsp3) is 0.478. The average Bonchev–Trinajstić information content (AvgIpc) is 2.70. The van der Waals surface area contributed by atoms with E-state index in [1.165, 1.54) is 0 Å². The molecule has 156 valence electrons. The lowest BCUT2D eigenvalue weighted by atomic mass is 9.54. The fourth-order valence-corrected chi connectivity index (χ4v) is 4.07. The molecule has 2 aromatic carbocycles. The molecule has 6 heteroatoms. The van der Waals surface area contributed by atoms with Gasteiger partial charge >= 0.3 is 5.97 Å². The third kappa shape index (κ3) is 3.94. The Labute approximate surface area is 171 Å². The van der Waals surface area contributed by atoms with Crippen LogP contribution < -0.4 is 10.1 Å². The van der Waals surface area contributed by atoms with Crippen molar-refractivity contribution in [2.24, 2.45) is 5.41 Å². The summed E-state index contributed by atoms with van der Waals surface area (Å²) in [7, 11) is 0. The van der Waals surface area contributed by atoms with Gasteiger partial charge in [0, 0.05) is 30.2 Å². The lowest BCUT2D eigenvalue weighted by Gasteiger charge is -2.58. The van der Waals surface area contributed by atoms with Gasteiger partial charge in [0.2, 0.25) is 5.91 Å². The first-order valence-electron chi connectivity index (χ1n) is 10.1. The maximum absolute atomic E-state index is 12.5. The van der Waals surface area contributed by atoms with Gasteiger partial charge in [0.25, 0.3) is 0 Å². The average molecular weight is 399 g/mol. The van der Waals surface area contributed by atoms with Gasteiger partial charge in [-0.05, 0) is 24.8 Å². The van der Waals surface area contributed by atoms with Gasteiger partial charge < -0.3 is 19.9 Å². The Hall–Kier alpha value is -2.60. The topological polar surface area (TPSA) is 84.9 Å². The quantitative estimate of drug-likeness (QED) is 0.627. The third-order valence-corrected chi connectivity index (χ3v) is 6.04. The normalized spacial score (nSPS) is 22.7. The Morgan fingerprint density at radius 1 is 1.17 bits per heavy atom. The molecule has 2 N–H and O–H groups in total. The molecule has 3 rings (SSSR count). The molecule has 0 saturated heterocycles. The summed E-state index contributed by atoms with van der Waals surface area (Å²) in [6.07, 6.45) is 0.801. The molecule has 1 amide bonds. The molecular weight excluding hydrogens is 370 g/mol. The molecule has 0 spiro atoms. The van der Waals surface area contributed by atoms with Crippen LogP contribution in [0, 0.1) is 5.41 Å². The van der Waals surface area contributed by atoms with Crippen LogP contribution in [0.15, 0.2) is 42.5 Å². The summed E-state index contributed by atoms with van der Waals surface area (Å²) in [6.45, 7) is 6.44. The second-order valence-corrected chi connectivity index (χ2v) is 8.06. The molecule has 1 saturated carbocycles. The van der Waals surface area contributed by atoms with Crippen molar-refractivity contribution in [2.75, 3.05) is 13.2 Å². The highest BCUT2D eigenvalue weighted by molar-refractivity contribution is 5.89. The SMILES string of the molecule is CCOC1CC(NC(=O)CCCOc2cccc3ccccc23)(C(=O)O)C1(C)C. The van der Waals surface area contributed by atoms with Gasteiger partial charge in [-0.15, -0.1) is 0 Å². The monoisotopic (exact) mass is 399 g/mol. The fourth-order valence-electron chi connectivity index (χ4n) is 4.07. The minimum atomic E-state index is -1.29. The smallest absolute Gasteiger partial charge is 0.330 e. The van der Waals surface area contributed by atoms with Crippen LogP contribution in [0.4, 0.5) is 0 Å². The molecule has 2 atom stereocenters. The molecule has 0 radical (unpaired) electrons. The van der Waals surface area contributed by atoms with Gasteiger partial charge in [0.15, 0.2) is 0 Å². The Kier molecular flexibility index (Phi) is 6.13. The van der Waals surface area contributed by atoms with E-state index in [0.29, 0.717) is 19.6 Å². The summed E-state index contributed by atoms with van der Waals surface area (Å²) in [6, 6.07) is 13.8. The van der Waals surface area contributed by atoms with E-state index >= 15 is 0 Å². The predicted molar refractivity (Wildman–Crippen MR) is 111 cm³/mol. The Morgan fingerprint density at radius 3 is 2.59 bits per heavy atom. The first-order chi connectivity index (χ1) is 13.8. The zero-order valence-corrected chi connectivity index (χ0v) is 17.2. The first-order valence-corrected chi connectivity index (χ1v) is 10.1. The molecule has 0 heterocycles. The van der Waals surface area contributed by atoms with Gasteiger partial charge in [-0.2, -0.15) is 0 Å². The molecule has 2 aromatic rings. The van der Waals surface area contributed by atoms with Crippen LogP contribution in [-0.2, 0) is 14.3 Å². The second-order valence-electron chi connectivity index (χ2n) is 8.06. The first kappa shape index (κ1) is 21.1. The number of hydrogen-bond acceptors (Lipinski definition) is 4. The van der Waals surface area contributed by atoms with Crippen LogP contribution in [0.2, 0.25) is 0 Å². The van der Waals surface area contributed by atoms with E-state index in [1.807, 2.05) is 63.2 Å². The van der Waals surface area contributed by atoms with E-state index in [9.17, 15) is 14.7 Å². The minimum absolute atomic E-state index is 0.182. The van der Waals surface area contributed by atoms with E-state index < -0.39 is 16.9 Å². The second kappa shape index (κ2) is 8.41. The number of carbonyl (C=O) groups is 2. The number of nitrogens with one attached hydrogen (secondary N) is 1. The molecular formula is C23H29NO5. The van der Waals surface area contributed by atoms with Crippen LogP contribution in [-0.4, -0.2) is 41.8 Å². The molecule has 1 fully saturated rings. The van der Waals surface area contributed by atoms with Crippen LogP contribution in [0.5, 0.6) is 5.75 Å². The van der Waals surface area contributed by atoms with Crippen molar-refractivity contribution in [3.63, 3.8) is 0 Å². The molecule has 2 unspecified atom stereocenters. The van der Waals surface area contributed by atoms with Crippen LogP contribution in [0.25, 0.3) is 10.8 Å². The number of carboxylic acid groups (broad SMARTS) is 1. The number of fused-ring (bicyclic) bond motifs is 1. The summed E-state index contributed by atoms with van der Waals surface area (Å²) in [5, 5.41) is 14.7. The molecule has 6 nitrogen and oxygen atoms in total. The van der Waals surface area contributed by atoms with Crippen molar-refractivity contribution in [3.8, 4) is 5.75 Å². The number of ether oxygens (including phenoxy) is 2. The zero-order chi connectivity index (χ0) is 21.1. The van der Waals surface area contributed by atoms with E-state index in [0.717, 1.165) is 16.5 Å². The number of hydrogen-bond donors (Lipinski definition) is 2. The van der Waals surface area contributed by atoms with E-state index in [2.05, 4.69) is 5.32 Å². The van der Waals surface area contributed by atoms with E-state index in [-0.39, 0.29) is 24.9 Å². The lowest BCUT2D eigenvalue weighted by molar-refractivity contribution is -0.194. The van der Waals surface area contributed by atoms with Crippen molar-refractivity contribution in [1.82, 2.24) is 5.32 Å². The number of carboxylic acids is 1. The number of amides is 1. The third-order valence-electron chi connectivity index (χ3n) is 6.04. The standard InChI is InChI=1S/C23H29NO5/c1-4-28-19-15-23(21(26)27,22(19,2)3)24-20(25)13-8-14-29-18-12-7-10-16-9-5-6-11-17(16)18/h5-7,9-12,19H,4,8,13-15H2,1-3H3,(H,24,25)(H,26,27). The Morgan fingerprint density at radius 2 is 1.90 bits per heavy atom. The largest absolute Gasteiger partial charge is 0.493 e. The molecule has 1 aliphatic carbocycles. The molecule has 0 aromatic heterocycles. The predicted octanol–water partition coefficient (Wildman–Crippen LogP) is 3.77.